The van der Waals surface area contributed by atoms with Gasteiger partial charge >= 0.3 is 5.69 Å². The normalized spacial score (nSPS) is 26.4. The number of hydrogen-bond donors (Lipinski definition) is 4. The van der Waals surface area contributed by atoms with E-state index in [9.17, 15) is 29.7 Å². The van der Waals surface area contributed by atoms with Crippen LogP contribution >= 0.6 is 0 Å². The monoisotopic (exact) mass is 366 g/mol. The quantitative estimate of drug-likeness (QED) is 0.465. The van der Waals surface area contributed by atoms with Gasteiger partial charge in [-0.25, -0.2) is 4.79 Å². The molecule has 0 aromatic carbocycles. The predicted octanol–water partition coefficient (Wildman–Crippen LogP) is -1.50. The molecule has 142 valence electrons. The molecule has 1 fully saturated rings. The van der Waals surface area contributed by atoms with Crippen molar-refractivity contribution in [2.24, 2.45) is 5.92 Å². The molecule has 0 saturated carbocycles. The molecule has 0 bridgehead atoms. The molecule has 1 unspecified atom stereocenters. The van der Waals surface area contributed by atoms with E-state index in [0.29, 0.717) is 0 Å². The Morgan fingerprint density at radius 1 is 1.35 bits per heavy atom. The van der Waals surface area contributed by atoms with Crippen molar-refractivity contribution >= 4 is 5.78 Å². The van der Waals surface area contributed by atoms with Gasteiger partial charge in [0.05, 0.1) is 0 Å². The number of aromatic nitrogens is 2. The van der Waals surface area contributed by atoms with Crippen LogP contribution in [-0.2, 0) is 9.53 Å². The fraction of sp³-hybridized carbons (Fsp3) is 0.588. The second-order valence-electron chi connectivity index (χ2n) is 6.56. The van der Waals surface area contributed by atoms with Gasteiger partial charge in [-0.15, -0.1) is 5.92 Å². The maximum atomic E-state index is 12.3. The number of hydrogen-bond acceptors (Lipinski definition) is 7. The minimum Gasteiger partial charge on any atom is -0.387 e. The SMILES string of the molecule is CC#Cc1cn([C@@H]2O[C@H](C(=O)C(O)CC(C)C)[C@@H](O)[C@@H]2O)c(=O)[nH]c1=O. The summed E-state index contributed by atoms with van der Waals surface area (Å²) in [4.78, 5) is 38.1. The highest BCUT2D eigenvalue weighted by Crippen LogP contribution is 2.30. The number of aromatic amines is 1. The van der Waals surface area contributed by atoms with Gasteiger partial charge in [0.15, 0.2) is 12.0 Å². The summed E-state index contributed by atoms with van der Waals surface area (Å²) in [6.45, 7) is 5.14. The lowest BCUT2D eigenvalue weighted by Crippen LogP contribution is -2.41. The molecule has 0 aliphatic carbocycles. The van der Waals surface area contributed by atoms with Crippen molar-refractivity contribution in [3.63, 3.8) is 0 Å². The number of carbonyl (C=O) groups is 1. The van der Waals surface area contributed by atoms with Crippen LogP contribution in [0.1, 0.15) is 39.0 Å². The van der Waals surface area contributed by atoms with Gasteiger partial charge in [-0.05, 0) is 19.3 Å². The zero-order chi connectivity index (χ0) is 19.6. The molecule has 4 N–H and O–H groups in total. The van der Waals surface area contributed by atoms with Crippen LogP contribution in [0.2, 0.25) is 0 Å². The number of H-pyrrole nitrogens is 1. The molecule has 5 atom stereocenters. The van der Waals surface area contributed by atoms with Crippen LogP contribution in [0.4, 0.5) is 0 Å². The summed E-state index contributed by atoms with van der Waals surface area (Å²) in [5.41, 5.74) is -1.62. The Hall–Kier alpha value is -2.25. The molecule has 2 rings (SSSR count). The molecule has 0 spiro atoms. The molecule has 1 aliphatic rings. The third kappa shape index (κ3) is 3.94. The lowest BCUT2D eigenvalue weighted by molar-refractivity contribution is -0.144. The van der Waals surface area contributed by atoms with E-state index in [0.717, 1.165) is 10.8 Å². The van der Waals surface area contributed by atoms with E-state index >= 15 is 0 Å². The number of rotatable bonds is 5. The first kappa shape index (κ1) is 20.1. The zero-order valence-electron chi connectivity index (χ0n) is 14.7. The largest absolute Gasteiger partial charge is 0.387 e. The van der Waals surface area contributed by atoms with Crippen molar-refractivity contribution < 1.29 is 24.9 Å². The fourth-order valence-electron chi connectivity index (χ4n) is 2.77. The van der Waals surface area contributed by atoms with Gasteiger partial charge in [-0.3, -0.25) is 19.1 Å². The summed E-state index contributed by atoms with van der Waals surface area (Å²) >= 11 is 0. The van der Waals surface area contributed by atoms with Gasteiger partial charge in [-0.2, -0.15) is 0 Å². The van der Waals surface area contributed by atoms with Crippen molar-refractivity contribution in [2.75, 3.05) is 0 Å². The third-order valence-corrected chi connectivity index (χ3v) is 4.04. The molecule has 0 amide bonds. The maximum absolute atomic E-state index is 12.3. The molecule has 2 heterocycles. The first-order valence-corrected chi connectivity index (χ1v) is 8.19. The molecule has 9 heteroatoms. The number of aliphatic hydroxyl groups is 3. The van der Waals surface area contributed by atoms with Crippen molar-refractivity contribution in [1.29, 1.82) is 0 Å². The van der Waals surface area contributed by atoms with E-state index < -0.39 is 47.7 Å². The number of carbonyl (C=O) groups excluding carboxylic acids is 1. The Morgan fingerprint density at radius 3 is 2.58 bits per heavy atom. The smallest absolute Gasteiger partial charge is 0.330 e. The maximum Gasteiger partial charge on any atom is 0.330 e. The molecule has 1 aliphatic heterocycles. The Labute approximate surface area is 149 Å². The summed E-state index contributed by atoms with van der Waals surface area (Å²) in [5.74, 6) is 4.28. The Balaban J connectivity index is 2.34. The van der Waals surface area contributed by atoms with E-state index in [2.05, 4.69) is 11.8 Å². The van der Waals surface area contributed by atoms with E-state index in [-0.39, 0.29) is 17.9 Å². The van der Waals surface area contributed by atoms with E-state index in [4.69, 9.17) is 4.74 Å². The van der Waals surface area contributed by atoms with Gasteiger partial charge in [0, 0.05) is 6.20 Å². The number of ether oxygens (including phenoxy) is 1. The number of ketones is 1. The van der Waals surface area contributed by atoms with Gasteiger partial charge in [0.1, 0.15) is 30.0 Å². The first-order valence-electron chi connectivity index (χ1n) is 8.19. The highest BCUT2D eigenvalue weighted by Gasteiger charge is 2.48. The third-order valence-electron chi connectivity index (χ3n) is 4.04. The van der Waals surface area contributed by atoms with Crippen molar-refractivity contribution in [1.82, 2.24) is 9.55 Å². The topological polar surface area (TPSA) is 142 Å². The van der Waals surface area contributed by atoms with E-state index in [1.165, 1.54) is 6.92 Å². The molecular formula is C17H22N2O7. The number of aliphatic hydroxyl groups excluding tert-OH is 3. The summed E-state index contributed by atoms with van der Waals surface area (Å²) in [6.07, 6.45) is -6.25. The van der Waals surface area contributed by atoms with Crippen LogP contribution in [0.3, 0.4) is 0 Å². The summed E-state index contributed by atoms with van der Waals surface area (Å²) < 4.78 is 6.23. The Bertz CT molecular complexity index is 845. The molecule has 1 aromatic heterocycles. The molecule has 0 radical (unpaired) electrons. The molecule has 1 saturated heterocycles. The van der Waals surface area contributed by atoms with Crippen LogP contribution in [0.25, 0.3) is 0 Å². The highest BCUT2D eigenvalue weighted by molar-refractivity contribution is 5.88. The Kier molecular flexibility index (Phi) is 6.15. The van der Waals surface area contributed by atoms with Crippen LogP contribution in [0.5, 0.6) is 0 Å². The fourth-order valence-corrected chi connectivity index (χ4v) is 2.77. The summed E-state index contributed by atoms with van der Waals surface area (Å²) in [6, 6.07) is 0. The van der Waals surface area contributed by atoms with Crippen molar-refractivity contribution in [3.8, 4) is 11.8 Å². The summed E-state index contributed by atoms with van der Waals surface area (Å²) in [5, 5.41) is 30.3. The Morgan fingerprint density at radius 2 is 2.00 bits per heavy atom. The van der Waals surface area contributed by atoms with Crippen LogP contribution in [0.15, 0.2) is 15.8 Å². The second kappa shape index (κ2) is 7.97. The van der Waals surface area contributed by atoms with E-state index in [1.54, 1.807) is 0 Å². The van der Waals surface area contributed by atoms with Crippen molar-refractivity contribution in [2.45, 2.75) is 57.8 Å². The molecule has 1 aromatic rings. The first-order chi connectivity index (χ1) is 12.2. The molecule has 9 nitrogen and oxygen atoms in total. The van der Waals surface area contributed by atoms with Gasteiger partial charge < -0.3 is 20.1 Å². The number of Topliss-reactive ketones (excluding diaryl/α,β-unsaturated/α-hetero) is 1. The number of nitrogens with one attached hydrogen (secondary N) is 1. The average molecular weight is 366 g/mol. The van der Waals surface area contributed by atoms with Crippen LogP contribution < -0.4 is 11.2 Å². The average Bonchev–Trinajstić information content (AvgIpc) is 2.84. The van der Waals surface area contributed by atoms with Crippen LogP contribution in [0, 0.1) is 17.8 Å². The minimum atomic E-state index is -1.63. The van der Waals surface area contributed by atoms with Gasteiger partial charge in [0.25, 0.3) is 5.56 Å². The molecular weight excluding hydrogens is 344 g/mol. The van der Waals surface area contributed by atoms with E-state index in [1.807, 2.05) is 18.8 Å². The van der Waals surface area contributed by atoms with Crippen LogP contribution in [-0.4, -0.2) is 55.1 Å². The molecule has 26 heavy (non-hydrogen) atoms. The second-order valence-corrected chi connectivity index (χ2v) is 6.56. The number of nitrogens with zero attached hydrogens (tertiary/aromatic N) is 1. The minimum absolute atomic E-state index is 0.0326. The summed E-state index contributed by atoms with van der Waals surface area (Å²) in [7, 11) is 0. The lowest BCUT2D eigenvalue weighted by Gasteiger charge is -2.18. The van der Waals surface area contributed by atoms with Gasteiger partial charge in [-0.1, -0.05) is 19.8 Å². The highest BCUT2D eigenvalue weighted by atomic mass is 16.6. The lowest BCUT2D eigenvalue weighted by atomic mass is 9.97. The zero-order valence-corrected chi connectivity index (χ0v) is 14.7. The van der Waals surface area contributed by atoms with Gasteiger partial charge in [0.2, 0.25) is 0 Å². The standard InChI is InChI=1S/C17H22N2O7/c1-4-5-9-7-19(17(25)18-15(9)24)16-13(23)12(22)14(26-16)11(21)10(20)6-8(2)3/h7-8,10,12-14,16,20,22-23H,6H2,1-3H3,(H,18,24,25)/t10?,12-,13-,14+,16+/m0/s1. The predicted molar refractivity (Wildman–Crippen MR) is 90.3 cm³/mol. The van der Waals surface area contributed by atoms with Crippen molar-refractivity contribution in [3.05, 3.63) is 32.6 Å².